The Morgan fingerprint density at radius 2 is 1.69 bits per heavy atom. The average molecular weight is 445 g/mol. The van der Waals surface area contributed by atoms with Crippen LogP contribution >= 0.6 is 24.8 Å². The van der Waals surface area contributed by atoms with E-state index in [4.69, 9.17) is 15.9 Å². The number of hydrogen-bond acceptors (Lipinski definition) is 5. The zero-order valence-electron chi connectivity index (χ0n) is 17.1. The monoisotopic (exact) mass is 444 g/mol. The standard InChI is InChI=1S/C21H32N4O2.2ClH/c1-27-21(26)17-2-6-18(7-3-17)24-14-15-10-12-25(13-11-15)19-8-4-16(5-9-19)20(22)23;;/h4-5,8-9,15,17-18,24H,2-3,6-7,10-14H2,1H3,(H3,22,23);2*1H. The molecule has 1 heterocycles. The first-order valence-corrected chi connectivity index (χ1v) is 10.1. The predicted octanol–water partition coefficient (Wildman–Crippen LogP) is 3.35. The number of piperidine rings is 1. The first kappa shape index (κ1) is 25.5. The Morgan fingerprint density at radius 1 is 1.10 bits per heavy atom. The molecule has 0 amide bonds. The molecule has 0 atom stereocenters. The summed E-state index contributed by atoms with van der Waals surface area (Å²) in [7, 11) is 1.48. The number of amidine groups is 1. The summed E-state index contributed by atoms with van der Waals surface area (Å²) >= 11 is 0. The molecule has 2 aliphatic rings. The molecule has 3 rings (SSSR count). The summed E-state index contributed by atoms with van der Waals surface area (Å²) in [5, 5.41) is 11.2. The third kappa shape index (κ3) is 7.05. The number of carbonyl (C=O) groups excluding carboxylic acids is 1. The van der Waals surface area contributed by atoms with Crippen LogP contribution < -0.4 is 16.0 Å². The molecule has 1 aliphatic heterocycles. The lowest BCUT2D eigenvalue weighted by Gasteiger charge is -2.35. The van der Waals surface area contributed by atoms with Gasteiger partial charge in [-0.2, -0.15) is 0 Å². The molecule has 0 spiro atoms. The van der Waals surface area contributed by atoms with Gasteiger partial charge in [0.15, 0.2) is 0 Å². The second-order valence-electron chi connectivity index (χ2n) is 7.87. The topological polar surface area (TPSA) is 91.4 Å². The maximum atomic E-state index is 11.6. The summed E-state index contributed by atoms with van der Waals surface area (Å²) in [6, 6.07) is 8.53. The van der Waals surface area contributed by atoms with E-state index in [1.807, 2.05) is 12.1 Å². The van der Waals surface area contributed by atoms with Crippen molar-refractivity contribution >= 4 is 42.3 Å². The van der Waals surface area contributed by atoms with E-state index < -0.39 is 0 Å². The molecule has 1 saturated carbocycles. The summed E-state index contributed by atoms with van der Waals surface area (Å²) in [6.45, 7) is 3.21. The van der Waals surface area contributed by atoms with Crippen LogP contribution in [0.15, 0.2) is 24.3 Å². The van der Waals surface area contributed by atoms with Crippen LogP contribution in [0, 0.1) is 17.2 Å². The van der Waals surface area contributed by atoms with E-state index in [1.165, 1.54) is 25.6 Å². The number of nitrogens with one attached hydrogen (secondary N) is 2. The van der Waals surface area contributed by atoms with Crippen molar-refractivity contribution in [1.29, 1.82) is 5.41 Å². The third-order valence-corrected chi connectivity index (χ3v) is 6.11. The number of ether oxygens (including phenoxy) is 1. The van der Waals surface area contributed by atoms with Gasteiger partial charge >= 0.3 is 5.97 Å². The number of halogens is 2. The Kier molecular flexibility index (Phi) is 10.8. The van der Waals surface area contributed by atoms with E-state index in [9.17, 15) is 4.79 Å². The van der Waals surface area contributed by atoms with Gasteiger partial charge in [-0.25, -0.2) is 0 Å². The lowest BCUT2D eigenvalue weighted by molar-refractivity contribution is -0.146. The van der Waals surface area contributed by atoms with Gasteiger partial charge in [-0.15, -0.1) is 24.8 Å². The molecular weight excluding hydrogens is 411 g/mol. The van der Waals surface area contributed by atoms with Gasteiger partial charge in [-0.3, -0.25) is 10.2 Å². The Hall–Kier alpha value is -1.50. The quantitative estimate of drug-likeness (QED) is 0.355. The van der Waals surface area contributed by atoms with E-state index in [1.54, 1.807) is 0 Å². The Morgan fingerprint density at radius 3 is 2.21 bits per heavy atom. The largest absolute Gasteiger partial charge is 0.469 e. The van der Waals surface area contributed by atoms with E-state index in [-0.39, 0.29) is 42.5 Å². The van der Waals surface area contributed by atoms with Gasteiger partial charge in [-0.05, 0) is 75.3 Å². The van der Waals surface area contributed by atoms with Crippen LogP contribution in [0.25, 0.3) is 0 Å². The second-order valence-corrected chi connectivity index (χ2v) is 7.87. The molecule has 1 aromatic carbocycles. The highest BCUT2D eigenvalue weighted by Crippen LogP contribution is 2.27. The molecule has 1 saturated heterocycles. The molecule has 1 aromatic rings. The SMILES string of the molecule is COC(=O)C1CCC(NCC2CCN(c3ccc(C(=N)N)cc3)CC2)CC1.Cl.Cl. The van der Waals surface area contributed by atoms with Gasteiger partial charge in [0, 0.05) is 30.4 Å². The molecule has 164 valence electrons. The maximum Gasteiger partial charge on any atom is 0.308 e. The lowest BCUT2D eigenvalue weighted by Crippen LogP contribution is -2.41. The summed E-state index contributed by atoms with van der Waals surface area (Å²) in [5.74, 6) is 0.894. The van der Waals surface area contributed by atoms with E-state index in [0.717, 1.165) is 56.8 Å². The molecule has 4 N–H and O–H groups in total. The third-order valence-electron chi connectivity index (χ3n) is 6.11. The minimum absolute atomic E-state index is 0. The van der Waals surface area contributed by atoms with Crippen molar-refractivity contribution in [3.05, 3.63) is 29.8 Å². The fraction of sp³-hybridized carbons (Fsp3) is 0.619. The van der Waals surface area contributed by atoms with Crippen molar-refractivity contribution in [3.63, 3.8) is 0 Å². The molecule has 8 heteroatoms. The van der Waals surface area contributed by atoms with Crippen molar-refractivity contribution in [2.24, 2.45) is 17.6 Å². The number of hydrogen-bond donors (Lipinski definition) is 3. The van der Waals surface area contributed by atoms with Crippen LogP contribution in [-0.4, -0.2) is 44.6 Å². The number of esters is 1. The van der Waals surface area contributed by atoms with Crippen LogP contribution in [0.2, 0.25) is 0 Å². The van der Waals surface area contributed by atoms with Crippen LogP contribution in [0.5, 0.6) is 0 Å². The highest BCUT2D eigenvalue weighted by atomic mass is 35.5. The molecule has 6 nitrogen and oxygen atoms in total. The maximum absolute atomic E-state index is 11.6. The van der Waals surface area contributed by atoms with Crippen molar-refractivity contribution in [1.82, 2.24) is 5.32 Å². The number of methoxy groups -OCH3 is 1. The van der Waals surface area contributed by atoms with Gasteiger partial charge in [0.05, 0.1) is 13.0 Å². The van der Waals surface area contributed by atoms with Crippen molar-refractivity contribution in [2.75, 3.05) is 31.6 Å². The van der Waals surface area contributed by atoms with Gasteiger partial charge in [0.1, 0.15) is 5.84 Å². The molecule has 0 aromatic heterocycles. The molecule has 1 aliphatic carbocycles. The molecule has 0 bridgehead atoms. The minimum Gasteiger partial charge on any atom is -0.469 e. The Balaban J connectivity index is 0.00000210. The zero-order valence-corrected chi connectivity index (χ0v) is 18.7. The fourth-order valence-electron chi connectivity index (χ4n) is 4.28. The minimum atomic E-state index is -0.0443. The first-order valence-electron chi connectivity index (χ1n) is 10.1. The lowest BCUT2D eigenvalue weighted by atomic mass is 9.85. The number of nitrogens with zero attached hydrogens (tertiary/aromatic N) is 1. The summed E-state index contributed by atoms with van der Waals surface area (Å²) in [5.41, 5.74) is 7.52. The molecule has 0 unspecified atom stereocenters. The van der Waals surface area contributed by atoms with Gasteiger partial charge < -0.3 is 20.7 Å². The van der Waals surface area contributed by atoms with E-state index >= 15 is 0 Å². The smallest absolute Gasteiger partial charge is 0.308 e. The number of anilines is 1. The zero-order chi connectivity index (χ0) is 19.2. The Labute approximate surface area is 186 Å². The molecule has 29 heavy (non-hydrogen) atoms. The average Bonchev–Trinajstić information content (AvgIpc) is 2.72. The number of nitrogen functional groups attached to an aromatic ring is 1. The number of benzene rings is 1. The van der Waals surface area contributed by atoms with Crippen LogP contribution in [-0.2, 0) is 9.53 Å². The highest BCUT2D eigenvalue weighted by molar-refractivity contribution is 5.95. The van der Waals surface area contributed by atoms with Crippen LogP contribution in [0.4, 0.5) is 5.69 Å². The molecule has 2 fully saturated rings. The van der Waals surface area contributed by atoms with Crippen LogP contribution in [0.3, 0.4) is 0 Å². The summed E-state index contributed by atoms with van der Waals surface area (Å²) < 4.78 is 4.86. The van der Waals surface area contributed by atoms with Crippen molar-refractivity contribution < 1.29 is 9.53 Å². The molecule has 0 radical (unpaired) electrons. The van der Waals surface area contributed by atoms with Gasteiger partial charge in [-0.1, -0.05) is 0 Å². The first-order chi connectivity index (χ1) is 13.1. The normalized spacial score (nSPS) is 22.2. The van der Waals surface area contributed by atoms with Crippen LogP contribution in [0.1, 0.15) is 44.1 Å². The number of nitrogens with two attached hydrogens (primary N) is 1. The van der Waals surface area contributed by atoms with E-state index in [0.29, 0.717) is 6.04 Å². The predicted molar refractivity (Wildman–Crippen MR) is 123 cm³/mol. The highest BCUT2D eigenvalue weighted by Gasteiger charge is 2.27. The number of carbonyl (C=O) groups is 1. The number of rotatable bonds is 6. The fourth-order valence-corrected chi connectivity index (χ4v) is 4.28. The Bertz CT molecular complexity index is 641. The summed E-state index contributed by atoms with van der Waals surface area (Å²) in [6.07, 6.45) is 6.41. The van der Waals surface area contributed by atoms with Gasteiger partial charge in [0.25, 0.3) is 0 Å². The van der Waals surface area contributed by atoms with E-state index in [2.05, 4.69) is 22.3 Å². The van der Waals surface area contributed by atoms with Crippen molar-refractivity contribution in [2.45, 2.75) is 44.6 Å². The van der Waals surface area contributed by atoms with Gasteiger partial charge in [0.2, 0.25) is 0 Å². The summed E-state index contributed by atoms with van der Waals surface area (Å²) in [4.78, 5) is 14.0. The molecular formula is C21H34Cl2N4O2. The van der Waals surface area contributed by atoms with Crippen molar-refractivity contribution in [3.8, 4) is 0 Å². The second kappa shape index (κ2) is 12.3.